The monoisotopic (exact) mass is 189 g/mol. The van der Waals surface area contributed by atoms with Gasteiger partial charge in [0.15, 0.2) is 5.78 Å². The van der Waals surface area contributed by atoms with Crippen molar-refractivity contribution in [2.45, 2.75) is 12.5 Å². The average Bonchev–Trinajstić information content (AvgIpc) is 2.39. The van der Waals surface area contributed by atoms with Gasteiger partial charge in [-0.1, -0.05) is 0 Å². The Labute approximate surface area is 74.8 Å². The predicted molar refractivity (Wildman–Crippen MR) is 47.4 cm³/mol. The van der Waals surface area contributed by atoms with E-state index in [1.807, 2.05) is 11.4 Å². The molecule has 60 valence electrons. The summed E-state index contributed by atoms with van der Waals surface area (Å²) in [5.41, 5.74) is 6.70. The quantitative estimate of drug-likeness (QED) is 0.676. The van der Waals surface area contributed by atoms with Crippen LogP contribution in [-0.4, -0.2) is 5.78 Å². The molecule has 0 aromatic carbocycles. The molecule has 1 aliphatic rings. The molecule has 1 unspecified atom stereocenters. The minimum atomic E-state index is -0.0336. The van der Waals surface area contributed by atoms with Gasteiger partial charge in [0.2, 0.25) is 0 Å². The summed E-state index contributed by atoms with van der Waals surface area (Å²) < 4.78 is 0. The maximum absolute atomic E-state index is 11.1. The van der Waals surface area contributed by atoms with Gasteiger partial charge in [-0.05, 0) is 17.0 Å². The number of rotatable bonds is 0. The lowest BCUT2D eigenvalue weighted by molar-refractivity contribution is 0.0992. The number of halogens is 1. The third-order valence-corrected chi connectivity index (χ3v) is 2.72. The zero-order valence-corrected chi connectivity index (χ0v) is 7.37. The largest absolute Gasteiger partial charge is 0.324 e. The summed E-state index contributed by atoms with van der Waals surface area (Å²) in [6.07, 6.45) is 0.502. The summed E-state index contributed by atoms with van der Waals surface area (Å²) in [5.74, 6) is 0.206. The van der Waals surface area contributed by atoms with Crippen LogP contribution in [-0.2, 0) is 0 Å². The van der Waals surface area contributed by atoms with E-state index in [-0.39, 0.29) is 24.2 Å². The molecule has 1 heterocycles. The molecule has 0 fully saturated rings. The molecule has 2 N–H and O–H groups in total. The first-order valence-electron chi connectivity index (χ1n) is 3.15. The number of Topliss-reactive ketones (excluding diaryl/α,β-unsaturated/α-hetero) is 1. The van der Waals surface area contributed by atoms with Gasteiger partial charge in [0, 0.05) is 12.5 Å². The first-order chi connectivity index (χ1) is 4.79. The van der Waals surface area contributed by atoms with Crippen LogP contribution in [0.4, 0.5) is 0 Å². The smallest absolute Gasteiger partial charge is 0.175 e. The minimum absolute atomic E-state index is 0. The molecule has 0 bridgehead atoms. The highest BCUT2D eigenvalue weighted by Crippen LogP contribution is 2.32. The average molecular weight is 190 g/mol. The Bertz CT molecular complexity index is 284. The predicted octanol–water partition coefficient (Wildman–Crippen LogP) is 1.76. The molecule has 0 saturated carbocycles. The zero-order chi connectivity index (χ0) is 7.14. The maximum atomic E-state index is 11.1. The van der Waals surface area contributed by atoms with Crippen molar-refractivity contribution >= 4 is 29.5 Å². The lowest BCUT2D eigenvalue weighted by Crippen LogP contribution is -2.05. The highest BCUT2D eigenvalue weighted by molar-refractivity contribution is 7.12. The van der Waals surface area contributed by atoms with Crippen LogP contribution >= 0.6 is 23.7 Å². The third-order valence-electron chi connectivity index (χ3n) is 1.75. The van der Waals surface area contributed by atoms with Crippen molar-refractivity contribution in [1.29, 1.82) is 0 Å². The Kier molecular flexibility index (Phi) is 2.32. The number of carbonyl (C=O) groups excluding carboxylic acids is 1. The van der Waals surface area contributed by atoms with E-state index < -0.39 is 0 Å². The van der Waals surface area contributed by atoms with Crippen LogP contribution in [0.5, 0.6) is 0 Å². The normalized spacial score (nSPS) is 21.2. The molecule has 1 aliphatic carbocycles. The summed E-state index contributed by atoms with van der Waals surface area (Å²) in [4.78, 5) is 11.9. The summed E-state index contributed by atoms with van der Waals surface area (Å²) >= 11 is 1.49. The Balaban J connectivity index is 0.000000605. The van der Waals surface area contributed by atoms with Crippen molar-refractivity contribution in [3.05, 3.63) is 21.9 Å². The fraction of sp³-hybridized carbons (Fsp3) is 0.286. The molecule has 0 radical (unpaired) electrons. The number of nitrogens with two attached hydrogens (primary N) is 1. The van der Waals surface area contributed by atoms with Crippen molar-refractivity contribution < 1.29 is 4.79 Å². The van der Waals surface area contributed by atoms with Gasteiger partial charge in [-0.2, -0.15) is 0 Å². The van der Waals surface area contributed by atoms with Crippen LogP contribution < -0.4 is 5.73 Å². The SMILES string of the molecule is Cl.NC1CC(=O)c2sccc21. The molecule has 1 aromatic heterocycles. The molecular weight excluding hydrogens is 182 g/mol. The molecular formula is C7H8ClNOS. The van der Waals surface area contributed by atoms with Gasteiger partial charge < -0.3 is 5.73 Å². The Morgan fingerprint density at radius 2 is 2.36 bits per heavy atom. The fourth-order valence-corrected chi connectivity index (χ4v) is 2.16. The van der Waals surface area contributed by atoms with E-state index in [2.05, 4.69) is 0 Å². The number of ketones is 1. The Morgan fingerprint density at radius 3 is 3.00 bits per heavy atom. The molecule has 1 aromatic rings. The van der Waals surface area contributed by atoms with Gasteiger partial charge in [-0.15, -0.1) is 23.7 Å². The van der Waals surface area contributed by atoms with E-state index in [1.165, 1.54) is 11.3 Å². The third kappa shape index (κ3) is 1.20. The van der Waals surface area contributed by atoms with Gasteiger partial charge >= 0.3 is 0 Å². The first-order valence-corrected chi connectivity index (χ1v) is 4.03. The van der Waals surface area contributed by atoms with Gasteiger partial charge in [0.05, 0.1) is 4.88 Å². The second kappa shape index (κ2) is 2.93. The van der Waals surface area contributed by atoms with Gasteiger partial charge in [-0.3, -0.25) is 4.79 Å². The van der Waals surface area contributed by atoms with Crippen LogP contribution in [0.25, 0.3) is 0 Å². The fourth-order valence-electron chi connectivity index (χ4n) is 1.24. The molecule has 0 saturated heterocycles. The van der Waals surface area contributed by atoms with E-state index in [9.17, 15) is 4.79 Å². The van der Waals surface area contributed by atoms with E-state index >= 15 is 0 Å². The highest BCUT2D eigenvalue weighted by atomic mass is 35.5. The van der Waals surface area contributed by atoms with Crippen molar-refractivity contribution in [3.8, 4) is 0 Å². The van der Waals surface area contributed by atoms with E-state index in [4.69, 9.17) is 5.73 Å². The highest BCUT2D eigenvalue weighted by Gasteiger charge is 2.27. The molecule has 4 heteroatoms. The van der Waals surface area contributed by atoms with Crippen LogP contribution in [0.1, 0.15) is 27.7 Å². The van der Waals surface area contributed by atoms with Gasteiger partial charge in [0.25, 0.3) is 0 Å². The summed E-state index contributed by atoms with van der Waals surface area (Å²) in [5, 5.41) is 1.92. The van der Waals surface area contributed by atoms with Crippen molar-refractivity contribution in [3.63, 3.8) is 0 Å². The van der Waals surface area contributed by atoms with Crippen LogP contribution in [0, 0.1) is 0 Å². The second-order valence-electron chi connectivity index (χ2n) is 2.44. The van der Waals surface area contributed by atoms with Gasteiger partial charge in [0.1, 0.15) is 0 Å². The number of thiophene rings is 1. The molecule has 2 rings (SSSR count). The summed E-state index contributed by atoms with van der Waals surface area (Å²) in [6, 6.07) is 1.91. The number of hydrogen-bond acceptors (Lipinski definition) is 3. The molecule has 0 amide bonds. The molecule has 0 spiro atoms. The summed E-state index contributed by atoms with van der Waals surface area (Å²) in [6.45, 7) is 0. The van der Waals surface area contributed by atoms with Crippen LogP contribution in [0.3, 0.4) is 0 Å². The maximum Gasteiger partial charge on any atom is 0.175 e. The molecule has 1 atom stereocenters. The minimum Gasteiger partial charge on any atom is -0.324 e. The standard InChI is InChI=1S/C7H7NOS.ClH/c8-5-3-6(9)7-4(5)1-2-10-7;/h1-2,5H,3,8H2;1H. The van der Waals surface area contributed by atoms with E-state index in [0.29, 0.717) is 6.42 Å². The molecule has 0 aliphatic heterocycles. The first kappa shape index (κ1) is 8.71. The topological polar surface area (TPSA) is 43.1 Å². The van der Waals surface area contributed by atoms with Crippen LogP contribution in [0.2, 0.25) is 0 Å². The van der Waals surface area contributed by atoms with Crippen molar-refractivity contribution in [2.75, 3.05) is 0 Å². The number of carbonyl (C=O) groups is 1. The van der Waals surface area contributed by atoms with E-state index in [0.717, 1.165) is 10.4 Å². The Morgan fingerprint density at radius 1 is 1.64 bits per heavy atom. The second-order valence-corrected chi connectivity index (χ2v) is 3.35. The lowest BCUT2D eigenvalue weighted by Gasteiger charge is -1.95. The van der Waals surface area contributed by atoms with Crippen molar-refractivity contribution in [2.24, 2.45) is 5.73 Å². The van der Waals surface area contributed by atoms with E-state index in [1.54, 1.807) is 0 Å². The lowest BCUT2D eigenvalue weighted by atomic mass is 10.2. The van der Waals surface area contributed by atoms with Crippen molar-refractivity contribution in [1.82, 2.24) is 0 Å². The summed E-state index contributed by atoms with van der Waals surface area (Å²) in [7, 11) is 0. The number of hydrogen-bond donors (Lipinski definition) is 1. The molecule has 11 heavy (non-hydrogen) atoms. The Hall–Kier alpha value is -0.380. The zero-order valence-electron chi connectivity index (χ0n) is 5.74. The molecule has 2 nitrogen and oxygen atoms in total. The van der Waals surface area contributed by atoms with Gasteiger partial charge in [-0.25, -0.2) is 0 Å². The number of fused-ring (bicyclic) bond motifs is 1. The van der Waals surface area contributed by atoms with Crippen LogP contribution in [0.15, 0.2) is 11.4 Å².